The summed E-state index contributed by atoms with van der Waals surface area (Å²) in [6.45, 7) is 3.32. The van der Waals surface area contributed by atoms with Crippen LogP contribution in [0.5, 0.6) is 0 Å². The maximum absolute atomic E-state index is 5.60. The van der Waals surface area contributed by atoms with Gasteiger partial charge in [-0.05, 0) is 32.5 Å². The van der Waals surface area contributed by atoms with Gasteiger partial charge in [-0.15, -0.1) is 12.4 Å². The minimum Gasteiger partial charge on any atom is -0.464 e. The summed E-state index contributed by atoms with van der Waals surface area (Å²) in [7, 11) is 2.06. The average Bonchev–Trinajstić information content (AvgIpc) is 2.83. The SMILES string of the molecule is CNC1CCCN(Cc2coc3ccccc23)C1.Cl. The Morgan fingerprint density at radius 3 is 3.05 bits per heavy atom. The molecule has 1 aliphatic rings. The van der Waals surface area contributed by atoms with E-state index in [1.807, 2.05) is 18.4 Å². The van der Waals surface area contributed by atoms with E-state index < -0.39 is 0 Å². The third-order valence-electron chi connectivity index (χ3n) is 3.87. The smallest absolute Gasteiger partial charge is 0.134 e. The van der Waals surface area contributed by atoms with Crippen LogP contribution >= 0.6 is 12.4 Å². The van der Waals surface area contributed by atoms with E-state index in [9.17, 15) is 0 Å². The lowest BCUT2D eigenvalue weighted by Gasteiger charge is -2.32. The minimum absolute atomic E-state index is 0. The highest BCUT2D eigenvalue weighted by Gasteiger charge is 2.19. The fourth-order valence-electron chi connectivity index (χ4n) is 2.83. The van der Waals surface area contributed by atoms with Gasteiger partial charge in [0.05, 0.1) is 6.26 Å². The van der Waals surface area contributed by atoms with Gasteiger partial charge in [0.1, 0.15) is 5.58 Å². The molecule has 2 aromatic rings. The maximum atomic E-state index is 5.60. The second-order valence-electron chi connectivity index (χ2n) is 5.12. The molecule has 1 atom stereocenters. The average molecular weight is 281 g/mol. The second-order valence-corrected chi connectivity index (χ2v) is 5.12. The molecular formula is C15H21ClN2O. The Morgan fingerprint density at radius 1 is 1.37 bits per heavy atom. The van der Waals surface area contributed by atoms with Gasteiger partial charge < -0.3 is 9.73 Å². The Kier molecular flexibility index (Phi) is 4.86. The van der Waals surface area contributed by atoms with Crippen molar-refractivity contribution < 1.29 is 4.42 Å². The van der Waals surface area contributed by atoms with Gasteiger partial charge in [0, 0.05) is 30.1 Å². The van der Waals surface area contributed by atoms with Crippen LogP contribution in [0.15, 0.2) is 34.9 Å². The molecule has 3 nitrogen and oxygen atoms in total. The number of rotatable bonds is 3. The highest BCUT2D eigenvalue weighted by Crippen LogP contribution is 2.23. The van der Waals surface area contributed by atoms with Crippen LogP contribution in [0.25, 0.3) is 11.0 Å². The van der Waals surface area contributed by atoms with Crippen LogP contribution in [0.3, 0.4) is 0 Å². The van der Waals surface area contributed by atoms with Crippen molar-refractivity contribution in [2.75, 3.05) is 20.1 Å². The van der Waals surface area contributed by atoms with E-state index in [-0.39, 0.29) is 12.4 Å². The first kappa shape index (κ1) is 14.4. The molecule has 2 heterocycles. The van der Waals surface area contributed by atoms with Crippen molar-refractivity contribution in [3.63, 3.8) is 0 Å². The van der Waals surface area contributed by atoms with Crippen molar-refractivity contribution in [3.05, 3.63) is 36.1 Å². The number of nitrogens with one attached hydrogen (secondary N) is 1. The van der Waals surface area contributed by atoms with Gasteiger partial charge in [0.2, 0.25) is 0 Å². The summed E-state index contributed by atoms with van der Waals surface area (Å²) in [6, 6.07) is 8.91. The summed E-state index contributed by atoms with van der Waals surface area (Å²) in [5.74, 6) is 0. The van der Waals surface area contributed by atoms with Gasteiger partial charge in [-0.1, -0.05) is 18.2 Å². The zero-order valence-corrected chi connectivity index (χ0v) is 12.1. The van der Waals surface area contributed by atoms with Gasteiger partial charge in [0.15, 0.2) is 0 Å². The number of halogens is 1. The first-order chi connectivity index (χ1) is 8.86. The Balaban J connectivity index is 0.00000133. The van der Waals surface area contributed by atoms with Crippen molar-refractivity contribution in [2.45, 2.75) is 25.4 Å². The molecule has 1 fully saturated rings. The minimum atomic E-state index is 0. The summed E-state index contributed by atoms with van der Waals surface area (Å²) >= 11 is 0. The number of fused-ring (bicyclic) bond motifs is 1. The second kappa shape index (κ2) is 6.42. The molecule has 1 aromatic carbocycles. The number of hydrogen-bond acceptors (Lipinski definition) is 3. The van der Waals surface area contributed by atoms with Gasteiger partial charge >= 0.3 is 0 Å². The van der Waals surface area contributed by atoms with Gasteiger partial charge in [-0.25, -0.2) is 0 Å². The molecule has 1 unspecified atom stereocenters. The topological polar surface area (TPSA) is 28.4 Å². The van der Waals surface area contributed by atoms with Crippen molar-refractivity contribution in [2.24, 2.45) is 0 Å². The van der Waals surface area contributed by atoms with Gasteiger partial charge in [-0.3, -0.25) is 4.90 Å². The maximum Gasteiger partial charge on any atom is 0.134 e. The lowest BCUT2D eigenvalue weighted by atomic mass is 10.0. The molecule has 0 radical (unpaired) electrons. The Hall–Kier alpha value is -1.03. The standard InChI is InChI=1S/C15H20N2O.ClH/c1-16-13-5-4-8-17(10-13)9-12-11-18-15-7-3-2-6-14(12)15;/h2-3,6-7,11,13,16H,4-5,8-10H2,1H3;1H. The van der Waals surface area contributed by atoms with Gasteiger partial charge in [-0.2, -0.15) is 0 Å². The first-order valence-electron chi connectivity index (χ1n) is 6.71. The number of likely N-dealkylation sites (N-methyl/N-ethyl adjacent to an activating group) is 1. The summed E-state index contributed by atoms with van der Waals surface area (Å²) in [5.41, 5.74) is 2.30. The molecule has 1 N–H and O–H groups in total. The van der Waals surface area contributed by atoms with Crippen LogP contribution in [0, 0.1) is 0 Å². The molecule has 0 spiro atoms. The zero-order valence-electron chi connectivity index (χ0n) is 11.3. The monoisotopic (exact) mass is 280 g/mol. The van der Waals surface area contributed by atoms with Crippen LogP contribution in [-0.2, 0) is 6.54 Å². The number of furan rings is 1. The first-order valence-corrected chi connectivity index (χ1v) is 6.71. The summed E-state index contributed by atoms with van der Waals surface area (Å²) < 4.78 is 5.60. The van der Waals surface area contributed by atoms with Crippen molar-refractivity contribution in [1.82, 2.24) is 10.2 Å². The van der Waals surface area contributed by atoms with Crippen LogP contribution in [0.4, 0.5) is 0 Å². The molecule has 104 valence electrons. The number of piperidine rings is 1. The quantitative estimate of drug-likeness (QED) is 0.937. The summed E-state index contributed by atoms with van der Waals surface area (Å²) in [6.07, 6.45) is 4.48. The Bertz CT molecular complexity index is 526. The normalized spacial score (nSPS) is 20.4. The molecule has 3 rings (SSSR count). The van der Waals surface area contributed by atoms with Crippen LogP contribution in [0.1, 0.15) is 18.4 Å². The van der Waals surface area contributed by atoms with E-state index >= 15 is 0 Å². The van der Waals surface area contributed by atoms with Crippen LogP contribution < -0.4 is 5.32 Å². The number of nitrogens with zero attached hydrogens (tertiary/aromatic N) is 1. The molecule has 4 heteroatoms. The van der Waals surface area contributed by atoms with E-state index in [4.69, 9.17) is 4.42 Å². The molecule has 0 bridgehead atoms. The zero-order chi connectivity index (χ0) is 12.4. The number of benzene rings is 1. The number of hydrogen-bond donors (Lipinski definition) is 1. The molecule has 1 aromatic heterocycles. The van der Waals surface area contributed by atoms with E-state index in [1.54, 1.807) is 0 Å². The lowest BCUT2D eigenvalue weighted by molar-refractivity contribution is 0.188. The largest absolute Gasteiger partial charge is 0.464 e. The lowest BCUT2D eigenvalue weighted by Crippen LogP contribution is -2.43. The molecule has 19 heavy (non-hydrogen) atoms. The predicted octanol–water partition coefficient (Wildman–Crippen LogP) is 3.04. The van der Waals surface area contributed by atoms with E-state index in [2.05, 4.69) is 29.4 Å². The molecule has 1 saturated heterocycles. The molecule has 1 aliphatic heterocycles. The molecule has 0 amide bonds. The fourth-order valence-corrected chi connectivity index (χ4v) is 2.83. The van der Waals surface area contributed by atoms with Crippen molar-refractivity contribution in [3.8, 4) is 0 Å². The number of para-hydroxylation sites is 1. The van der Waals surface area contributed by atoms with E-state index in [1.165, 1.54) is 30.3 Å². The van der Waals surface area contributed by atoms with E-state index in [0.717, 1.165) is 18.7 Å². The third kappa shape index (κ3) is 3.11. The Labute approximate surface area is 120 Å². The van der Waals surface area contributed by atoms with E-state index in [0.29, 0.717) is 6.04 Å². The molecular weight excluding hydrogens is 260 g/mol. The number of likely N-dealkylation sites (tertiary alicyclic amines) is 1. The molecule has 0 saturated carbocycles. The summed E-state index contributed by atoms with van der Waals surface area (Å²) in [4.78, 5) is 2.52. The fraction of sp³-hybridized carbons (Fsp3) is 0.467. The van der Waals surface area contributed by atoms with Crippen molar-refractivity contribution >= 4 is 23.4 Å². The Morgan fingerprint density at radius 2 is 2.21 bits per heavy atom. The third-order valence-corrected chi connectivity index (χ3v) is 3.87. The van der Waals surface area contributed by atoms with Crippen molar-refractivity contribution in [1.29, 1.82) is 0 Å². The summed E-state index contributed by atoms with van der Waals surface area (Å²) in [5, 5.41) is 4.64. The molecule has 0 aliphatic carbocycles. The van der Waals surface area contributed by atoms with Gasteiger partial charge in [0.25, 0.3) is 0 Å². The highest BCUT2D eigenvalue weighted by molar-refractivity contribution is 5.85. The highest BCUT2D eigenvalue weighted by atomic mass is 35.5. The van der Waals surface area contributed by atoms with Crippen LogP contribution in [0.2, 0.25) is 0 Å². The predicted molar refractivity (Wildman–Crippen MR) is 80.8 cm³/mol. The van der Waals surface area contributed by atoms with Crippen LogP contribution in [-0.4, -0.2) is 31.1 Å².